The molecule has 6 nitrogen and oxygen atoms in total. The van der Waals surface area contributed by atoms with Gasteiger partial charge in [0.2, 0.25) is 0 Å². The third-order valence-electron chi connectivity index (χ3n) is 4.13. The van der Waals surface area contributed by atoms with Gasteiger partial charge in [-0.2, -0.15) is 0 Å². The molecule has 0 fully saturated rings. The third-order valence-corrected chi connectivity index (χ3v) is 4.13. The van der Waals surface area contributed by atoms with Crippen molar-refractivity contribution in [3.05, 3.63) is 47.5 Å². The summed E-state index contributed by atoms with van der Waals surface area (Å²) < 4.78 is 16.3. The Morgan fingerprint density at radius 1 is 1.00 bits per heavy atom. The number of nitrogens with one attached hydrogen (secondary N) is 2. The van der Waals surface area contributed by atoms with Crippen LogP contribution in [0.1, 0.15) is 18.1 Å². The van der Waals surface area contributed by atoms with Crippen molar-refractivity contribution in [3.8, 4) is 17.2 Å². The fraction of sp³-hybridized carbons (Fsp3) is 0.381. The zero-order chi connectivity index (χ0) is 19.6. The number of guanidine groups is 1. The lowest BCUT2D eigenvalue weighted by atomic mass is 10.1. The molecule has 0 spiro atoms. The van der Waals surface area contributed by atoms with E-state index >= 15 is 0 Å². The van der Waals surface area contributed by atoms with Crippen molar-refractivity contribution >= 4 is 35.6 Å². The Balaban J connectivity index is 0.00000392. The number of hydrogen-bond acceptors (Lipinski definition) is 4. The van der Waals surface area contributed by atoms with E-state index in [1.807, 2.05) is 32.0 Å². The molecule has 0 saturated heterocycles. The van der Waals surface area contributed by atoms with Crippen LogP contribution >= 0.6 is 24.0 Å². The molecule has 0 aliphatic heterocycles. The first kappa shape index (κ1) is 23.9. The minimum absolute atomic E-state index is 0. The maximum atomic E-state index is 5.62. The first-order valence-corrected chi connectivity index (χ1v) is 9.03. The molecule has 0 aromatic heterocycles. The zero-order valence-electron chi connectivity index (χ0n) is 17.2. The number of halogens is 1. The van der Waals surface area contributed by atoms with Crippen molar-refractivity contribution in [1.29, 1.82) is 0 Å². The van der Waals surface area contributed by atoms with E-state index in [0.717, 1.165) is 30.0 Å². The number of nitrogens with zero attached hydrogens (tertiary/aromatic N) is 1. The highest BCUT2D eigenvalue weighted by molar-refractivity contribution is 14.0. The van der Waals surface area contributed by atoms with Crippen LogP contribution in [0.2, 0.25) is 0 Å². The van der Waals surface area contributed by atoms with E-state index in [4.69, 9.17) is 14.2 Å². The number of benzene rings is 2. The molecule has 0 aliphatic carbocycles. The lowest BCUT2D eigenvalue weighted by Crippen LogP contribution is -2.32. The van der Waals surface area contributed by atoms with Gasteiger partial charge in [-0.05, 0) is 49.6 Å². The second-order valence-electron chi connectivity index (χ2n) is 5.98. The molecule has 2 aromatic carbocycles. The van der Waals surface area contributed by atoms with Gasteiger partial charge in [0.15, 0.2) is 17.5 Å². The van der Waals surface area contributed by atoms with Gasteiger partial charge in [0, 0.05) is 25.3 Å². The predicted molar refractivity (Wildman–Crippen MR) is 126 cm³/mol. The van der Waals surface area contributed by atoms with Gasteiger partial charge in [-0.1, -0.05) is 12.1 Å². The number of methoxy groups -OCH3 is 2. The summed E-state index contributed by atoms with van der Waals surface area (Å²) in [7, 11) is 5.07. The lowest BCUT2D eigenvalue weighted by Gasteiger charge is -2.15. The highest BCUT2D eigenvalue weighted by Crippen LogP contribution is 2.30. The maximum absolute atomic E-state index is 5.62. The van der Waals surface area contributed by atoms with E-state index in [1.165, 1.54) is 5.56 Å². The molecule has 0 saturated carbocycles. The van der Waals surface area contributed by atoms with Crippen molar-refractivity contribution in [1.82, 2.24) is 5.32 Å². The van der Waals surface area contributed by atoms with Gasteiger partial charge in [-0.3, -0.25) is 4.99 Å². The van der Waals surface area contributed by atoms with Crippen molar-refractivity contribution < 1.29 is 14.2 Å². The Morgan fingerprint density at radius 3 is 2.39 bits per heavy atom. The van der Waals surface area contributed by atoms with Crippen molar-refractivity contribution in [2.24, 2.45) is 4.99 Å². The molecule has 0 heterocycles. The SMILES string of the molecule is CCOc1cc(NC(=NC)NCCc2ccc(C)c(OC)c2)ccc1OC.I. The predicted octanol–water partition coefficient (Wildman–Crippen LogP) is 4.26. The van der Waals surface area contributed by atoms with Crippen LogP contribution in [0.25, 0.3) is 0 Å². The molecular formula is C21H30IN3O3. The minimum atomic E-state index is 0. The van der Waals surface area contributed by atoms with E-state index in [-0.39, 0.29) is 24.0 Å². The molecular weight excluding hydrogens is 469 g/mol. The summed E-state index contributed by atoms with van der Waals surface area (Å²) in [4.78, 5) is 4.28. The molecule has 7 heteroatoms. The largest absolute Gasteiger partial charge is 0.496 e. The Morgan fingerprint density at radius 2 is 1.75 bits per heavy atom. The van der Waals surface area contributed by atoms with E-state index in [0.29, 0.717) is 24.1 Å². The highest BCUT2D eigenvalue weighted by Gasteiger charge is 2.07. The van der Waals surface area contributed by atoms with Gasteiger partial charge in [0.05, 0.1) is 20.8 Å². The van der Waals surface area contributed by atoms with Crippen LogP contribution in [-0.4, -0.2) is 40.4 Å². The average molecular weight is 499 g/mol. The fourth-order valence-electron chi connectivity index (χ4n) is 2.68. The van der Waals surface area contributed by atoms with Crippen LogP contribution in [-0.2, 0) is 6.42 Å². The summed E-state index contributed by atoms with van der Waals surface area (Å²) in [5, 5.41) is 6.60. The summed E-state index contributed by atoms with van der Waals surface area (Å²) in [6.45, 7) is 5.31. The Bertz CT molecular complexity index is 781. The van der Waals surface area contributed by atoms with Gasteiger partial charge in [0.1, 0.15) is 5.75 Å². The molecule has 0 unspecified atom stereocenters. The fourth-order valence-corrected chi connectivity index (χ4v) is 2.68. The van der Waals surface area contributed by atoms with Crippen LogP contribution in [0.4, 0.5) is 5.69 Å². The third kappa shape index (κ3) is 6.78. The summed E-state index contributed by atoms with van der Waals surface area (Å²) in [5.74, 6) is 3.02. The first-order valence-electron chi connectivity index (χ1n) is 9.03. The monoisotopic (exact) mass is 499 g/mol. The number of aliphatic imine (C=N–C) groups is 1. The van der Waals surface area contributed by atoms with Crippen molar-refractivity contribution in [2.45, 2.75) is 20.3 Å². The van der Waals surface area contributed by atoms with Crippen molar-refractivity contribution in [3.63, 3.8) is 0 Å². The molecule has 28 heavy (non-hydrogen) atoms. The number of ether oxygens (including phenoxy) is 3. The molecule has 0 bridgehead atoms. The number of anilines is 1. The van der Waals surface area contributed by atoms with Crippen molar-refractivity contribution in [2.75, 3.05) is 39.7 Å². The second-order valence-corrected chi connectivity index (χ2v) is 5.98. The summed E-state index contributed by atoms with van der Waals surface area (Å²) in [6.07, 6.45) is 0.865. The normalized spacial score (nSPS) is 10.7. The number of aryl methyl sites for hydroxylation is 1. The average Bonchev–Trinajstić information content (AvgIpc) is 2.69. The van der Waals surface area contributed by atoms with E-state index in [1.54, 1.807) is 21.3 Å². The molecule has 0 amide bonds. The van der Waals surface area contributed by atoms with Crippen LogP contribution in [0.5, 0.6) is 17.2 Å². The summed E-state index contributed by atoms with van der Waals surface area (Å²) >= 11 is 0. The maximum Gasteiger partial charge on any atom is 0.195 e. The molecule has 2 N–H and O–H groups in total. The Kier molecular flexibility index (Phi) is 10.5. The highest BCUT2D eigenvalue weighted by atomic mass is 127. The number of rotatable bonds is 8. The van der Waals surface area contributed by atoms with Gasteiger partial charge < -0.3 is 24.8 Å². The summed E-state index contributed by atoms with van der Waals surface area (Å²) in [6, 6.07) is 12.0. The topological polar surface area (TPSA) is 64.1 Å². The van der Waals surface area contributed by atoms with Gasteiger partial charge in [-0.15, -0.1) is 24.0 Å². The summed E-state index contributed by atoms with van der Waals surface area (Å²) in [5.41, 5.74) is 3.23. The molecule has 2 aromatic rings. The van der Waals surface area contributed by atoms with Crippen LogP contribution < -0.4 is 24.8 Å². The quantitative estimate of drug-likeness (QED) is 0.323. The van der Waals surface area contributed by atoms with E-state index < -0.39 is 0 Å². The molecule has 2 rings (SSSR count). The van der Waals surface area contributed by atoms with Gasteiger partial charge >= 0.3 is 0 Å². The molecule has 0 aliphatic rings. The van der Waals surface area contributed by atoms with Crippen LogP contribution in [0.3, 0.4) is 0 Å². The Labute approximate surface area is 184 Å². The standard InChI is InChI=1S/C21H29N3O3.HI/c1-6-27-20-14-17(9-10-18(20)25-4)24-21(22-3)23-12-11-16-8-7-15(2)19(13-16)26-5;/h7-10,13-14H,6,11-12H2,1-5H3,(H2,22,23,24);1H. The van der Waals surface area contributed by atoms with Gasteiger partial charge in [0.25, 0.3) is 0 Å². The first-order chi connectivity index (χ1) is 13.1. The van der Waals surface area contributed by atoms with Gasteiger partial charge in [-0.25, -0.2) is 0 Å². The molecule has 0 atom stereocenters. The number of hydrogen-bond donors (Lipinski definition) is 2. The second kappa shape index (κ2) is 12.3. The minimum Gasteiger partial charge on any atom is -0.496 e. The smallest absolute Gasteiger partial charge is 0.195 e. The van der Waals surface area contributed by atoms with Crippen LogP contribution in [0.15, 0.2) is 41.4 Å². The van der Waals surface area contributed by atoms with Crippen LogP contribution in [0, 0.1) is 6.92 Å². The van der Waals surface area contributed by atoms with E-state index in [2.05, 4.69) is 33.8 Å². The zero-order valence-corrected chi connectivity index (χ0v) is 19.5. The van der Waals surface area contributed by atoms with E-state index in [9.17, 15) is 0 Å². The Hall–Kier alpha value is -2.16. The molecule has 0 radical (unpaired) electrons. The lowest BCUT2D eigenvalue weighted by molar-refractivity contribution is 0.311. The molecule has 154 valence electrons.